The number of aliphatic hydroxyl groups is 1. The number of piperidine rings is 1. The van der Waals surface area contributed by atoms with Crippen molar-refractivity contribution in [2.45, 2.75) is 57.7 Å². The molecule has 3 aromatic rings. The number of nitrogens with zero attached hydrogens (tertiary/aromatic N) is 5. The lowest BCUT2D eigenvalue weighted by Crippen LogP contribution is -2.63. The van der Waals surface area contributed by atoms with Crippen molar-refractivity contribution >= 4 is 5.91 Å². The van der Waals surface area contributed by atoms with Crippen LogP contribution >= 0.6 is 0 Å². The highest BCUT2D eigenvalue weighted by molar-refractivity contribution is 5.73. The van der Waals surface area contributed by atoms with Crippen LogP contribution < -0.4 is 0 Å². The van der Waals surface area contributed by atoms with Crippen molar-refractivity contribution in [2.24, 2.45) is 5.41 Å². The molecule has 5 rings (SSSR count). The molecule has 202 valence electrons. The monoisotopic (exact) mass is 521 g/mol. The predicted octanol–water partition coefficient (Wildman–Crippen LogP) is 4.25. The average molecular weight is 522 g/mol. The summed E-state index contributed by atoms with van der Waals surface area (Å²) in [4.78, 5) is 24.2. The van der Waals surface area contributed by atoms with Gasteiger partial charge in [0.25, 0.3) is 5.89 Å². The van der Waals surface area contributed by atoms with Gasteiger partial charge in [0.1, 0.15) is 5.60 Å². The fourth-order valence-corrected chi connectivity index (χ4v) is 6.02. The number of carbonyl (C=O) groups is 1. The summed E-state index contributed by atoms with van der Waals surface area (Å²) in [5.74, 6) is 0.439. The first kappa shape index (κ1) is 26.4. The van der Waals surface area contributed by atoms with E-state index >= 15 is 4.39 Å². The van der Waals surface area contributed by atoms with Crippen LogP contribution in [0.15, 0.2) is 47.2 Å². The van der Waals surface area contributed by atoms with Gasteiger partial charge in [0.15, 0.2) is 5.67 Å². The molecule has 2 saturated heterocycles. The lowest BCUT2D eigenvalue weighted by atomic mass is 9.62. The minimum absolute atomic E-state index is 0.0705. The van der Waals surface area contributed by atoms with Crippen LogP contribution in [-0.2, 0) is 16.1 Å². The van der Waals surface area contributed by atoms with Crippen LogP contribution in [0.5, 0.6) is 0 Å². The summed E-state index contributed by atoms with van der Waals surface area (Å²) in [5.41, 5.74) is -0.388. The minimum atomic E-state index is -1.79. The first-order valence-electron chi connectivity index (χ1n) is 13.2. The van der Waals surface area contributed by atoms with E-state index in [1.54, 1.807) is 17.3 Å². The zero-order valence-corrected chi connectivity index (χ0v) is 22.7. The Balaban J connectivity index is 1.49. The van der Waals surface area contributed by atoms with Gasteiger partial charge in [0.2, 0.25) is 11.7 Å². The lowest BCUT2D eigenvalue weighted by molar-refractivity contribution is -0.132. The van der Waals surface area contributed by atoms with Crippen molar-refractivity contribution in [1.82, 2.24) is 24.9 Å². The van der Waals surface area contributed by atoms with E-state index in [-0.39, 0.29) is 30.5 Å². The smallest absolute Gasteiger partial charge is 0.264 e. The molecule has 1 atom stereocenters. The molecule has 2 aromatic heterocycles. The Kier molecular flexibility index (Phi) is 6.64. The van der Waals surface area contributed by atoms with Gasteiger partial charge >= 0.3 is 0 Å². The summed E-state index contributed by atoms with van der Waals surface area (Å²) in [5, 5.41) is 16.5. The molecule has 0 saturated carbocycles. The number of aromatic nitrogens is 3. The van der Waals surface area contributed by atoms with Crippen LogP contribution in [0, 0.1) is 5.41 Å². The largest absolute Gasteiger partial charge is 0.380 e. The van der Waals surface area contributed by atoms with Crippen molar-refractivity contribution < 1.29 is 18.8 Å². The topological polar surface area (TPSA) is 95.6 Å². The lowest BCUT2D eigenvalue weighted by Gasteiger charge is -2.55. The molecule has 0 radical (unpaired) electrons. The molecular formula is C29H36FN5O3. The second kappa shape index (κ2) is 9.54. The molecule has 0 spiro atoms. The van der Waals surface area contributed by atoms with Crippen LogP contribution in [0.2, 0.25) is 0 Å². The highest BCUT2D eigenvalue weighted by atomic mass is 19.1. The molecule has 9 heteroatoms. The van der Waals surface area contributed by atoms with Crippen LogP contribution in [-0.4, -0.2) is 69.2 Å². The Morgan fingerprint density at radius 2 is 1.79 bits per heavy atom. The summed E-state index contributed by atoms with van der Waals surface area (Å²) in [7, 11) is 2.03. The summed E-state index contributed by atoms with van der Waals surface area (Å²) in [6.07, 6.45) is 3.48. The standard InChI is InChI=1S/C29H36FN5O3/c1-19(2)21-6-8-23(9-7-21)29(37,27(4)17-34(5)18-27)24-14-22(15-31-16-24)25-32-26(38-33-25)28(30)10-12-35(13-11-28)20(3)36/h6-9,14-16,19,37H,10-13,17-18H2,1-5H3/t29-/m0/s1. The summed E-state index contributed by atoms with van der Waals surface area (Å²) in [6.45, 7) is 9.89. The van der Waals surface area contributed by atoms with Crippen LogP contribution in [0.4, 0.5) is 4.39 Å². The van der Waals surface area contributed by atoms with Gasteiger partial charge in [-0.25, -0.2) is 4.39 Å². The number of carbonyl (C=O) groups excluding carboxylic acids is 1. The van der Waals surface area contributed by atoms with E-state index in [2.05, 4.69) is 52.9 Å². The molecule has 1 aromatic carbocycles. The van der Waals surface area contributed by atoms with Crippen LogP contribution in [0.1, 0.15) is 69.0 Å². The summed E-state index contributed by atoms with van der Waals surface area (Å²) < 4.78 is 21.1. The van der Waals surface area contributed by atoms with Crippen LogP contribution in [0.3, 0.4) is 0 Å². The van der Waals surface area contributed by atoms with Crippen LogP contribution in [0.25, 0.3) is 11.4 Å². The highest BCUT2D eigenvalue weighted by Gasteiger charge is 2.55. The van der Waals surface area contributed by atoms with Crippen molar-refractivity contribution in [3.63, 3.8) is 0 Å². The van der Waals surface area contributed by atoms with Gasteiger partial charge in [-0.3, -0.25) is 9.78 Å². The Hall–Kier alpha value is -3.17. The highest BCUT2D eigenvalue weighted by Crippen LogP contribution is 2.50. The molecule has 8 nitrogen and oxygen atoms in total. The molecule has 2 aliphatic heterocycles. The number of pyridine rings is 1. The van der Waals surface area contributed by atoms with Crippen molar-refractivity contribution in [3.8, 4) is 11.4 Å². The van der Waals surface area contributed by atoms with E-state index in [1.165, 1.54) is 12.5 Å². The second-order valence-electron chi connectivity index (χ2n) is 11.6. The molecule has 0 aliphatic carbocycles. The molecule has 2 aliphatic rings. The predicted molar refractivity (Wildman–Crippen MR) is 141 cm³/mol. The fraction of sp³-hybridized carbons (Fsp3) is 0.517. The molecule has 38 heavy (non-hydrogen) atoms. The van der Waals surface area contributed by atoms with Gasteiger partial charge in [0, 0.05) is 74.9 Å². The maximum absolute atomic E-state index is 15.7. The average Bonchev–Trinajstić information content (AvgIpc) is 3.39. The molecular weight excluding hydrogens is 485 g/mol. The number of likely N-dealkylation sites (tertiary alicyclic amines) is 2. The number of amides is 1. The van der Waals surface area contributed by atoms with Gasteiger partial charge in [-0.1, -0.05) is 50.2 Å². The zero-order chi connectivity index (χ0) is 27.3. The van der Waals surface area contributed by atoms with Gasteiger partial charge in [-0.15, -0.1) is 0 Å². The van der Waals surface area contributed by atoms with Gasteiger partial charge in [-0.05, 0) is 30.2 Å². The fourth-order valence-electron chi connectivity index (χ4n) is 6.02. The molecule has 1 N–H and O–H groups in total. The Labute approximate surface area is 222 Å². The first-order valence-corrected chi connectivity index (χ1v) is 13.2. The SMILES string of the molecule is CC(=O)N1CCC(F)(c2nc(-c3cncc([C@@](O)(c4ccc(C(C)C)cc4)C4(C)CN(C)C4)c3)no2)CC1. The van der Waals surface area contributed by atoms with Gasteiger partial charge < -0.3 is 19.4 Å². The normalized spacial score (nSPS) is 20.7. The third kappa shape index (κ3) is 4.41. The quantitative estimate of drug-likeness (QED) is 0.518. The van der Waals surface area contributed by atoms with E-state index < -0.39 is 16.7 Å². The van der Waals surface area contributed by atoms with Gasteiger partial charge in [-0.2, -0.15) is 4.98 Å². The maximum Gasteiger partial charge on any atom is 0.264 e. The Morgan fingerprint density at radius 1 is 1.13 bits per heavy atom. The van der Waals surface area contributed by atoms with E-state index in [1.807, 2.05) is 25.2 Å². The summed E-state index contributed by atoms with van der Waals surface area (Å²) >= 11 is 0. The maximum atomic E-state index is 15.7. The molecule has 0 bridgehead atoms. The van der Waals surface area contributed by atoms with Crippen molar-refractivity contribution in [2.75, 3.05) is 33.2 Å². The third-order valence-corrected chi connectivity index (χ3v) is 8.33. The molecule has 2 fully saturated rings. The molecule has 1 amide bonds. The second-order valence-corrected chi connectivity index (χ2v) is 11.6. The van der Waals surface area contributed by atoms with E-state index in [4.69, 9.17) is 4.52 Å². The number of rotatable bonds is 6. The summed E-state index contributed by atoms with van der Waals surface area (Å²) in [6, 6.07) is 9.95. The van der Waals surface area contributed by atoms with E-state index in [0.29, 0.717) is 43.2 Å². The molecule has 4 heterocycles. The minimum Gasteiger partial charge on any atom is -0.380 e. The number of hydrogen-bond acceptors (Lipinski definition) is 7. The van der Waals surface area contributed by atoms with Gasteiger partial charge in [0.05, 0.1) is 0 Å². The Morgan fingerprint density at radius 3 is 2.37 bits per heavy atom. The third-order valence-electron chi connectivity index (χ3n) is 8.33. The van der Waals surface area contributed by atoms with E-state index in [0.717, 1.165) is 5.56 Å². The van der Waals surface area contributed by atoms with Crippen molar-refractivity contribution in [3.05, 3.63) is 65.3 Å². The number of halogens is 1. The van der Waals surface area contributed by atoms with Crippen molar-refractivity contribution in [1.29, 1.82) is 0 Å². The number of benzene rings is 1. The zero-order valence-electron chi connectivity index (χ0n) is 22.7. The Bertz CT molecular complexity index is 1310. The first-order chi connectivity index (χ1) is 17.9. The van der Waals surface area contributed by atoms with E-state index in [9.17, 15) is 9.90 Å². The molecule has 0 unspecified atom stereocenters. The number of alkyl halides is 1. The number of hydrogen-bond donors (Lipinski definition) is 1.